The zero-order valence-corrected chi connectivity index (χ0v) is 13.7. The fourth-order valence-electron chi connectivity index (χ4n) is 2.74. The number of nitrogens with zero attached hydrogens (tertiary/aromatic N) is 2. The summed E-state index contributed by atoms with van der Waals surface area (Å²) < 4.78 is 5.42. The van der Waals surface area contributed by atoms with Crippen LogP contribution in [0.5, 0.6) is 5.75 Å². The van der Waals surface area contributed by atoms with Crippen LogP contribution in [0, 0.1) is 6.92 Å². The average Bonchev–Trinajstić information content (AvgIpc) is 3.01. The minimum Gasteiger partial charge on any atom is -0.495 e. The number of methoxy groups -OCH3 is 1. The van der Waals surface area contributed by atoms with E-state index in [2.05, 4.69) is 11.0 Å². The number of para-hydroxylation sites is 2. The normalized spacial score (nSPS) is 15.0. The van der Waals surface area contributed by atoms with Crippen LogP contribution in [-0.4, -0.2) is 44.1 Å². The Labute approximate surface area is 134 Å². The van der Waals surface area contributed by atoms with Crippen molar-refractivity contribution in [3.63, 3.8) is 0 Å². The van der Waals surface area contributed by atoms with Gasteiger partial charge in [-0.1, -0.05) is 12.1 Å². The Morgan fingerprint density at radius 2 is 1.91 bits per heavy atom. The first kappa shape index (κ1) is 14.9. The molecule has 2 aromatic rings. The molecular weight excluding hydrogens is 296 g/mol. The number of carbonyl (C=O) groups excluding carboxylic acids is 1. The minimum atomic E-state index is 0.151. The lowest BCUT2D eigenvalue weighted by Crippen LogP contribution is -2.48. The van der Waals surface area contributed by atoms with Crippen LogP contribution in [0.3, 0.4) is 0 Å². The first-order valence-electron chi connectivity index (χ1n) is 7.41. The molecule has 0 radical (unpaired) electrons. The molecule has 4 nitrogen and oxygen atoms in total. The molecule has 0 atom stereocenters. The summed E-state index contributed by atoms with van der Waals surface area (Å²) in [6, 6.07) is 10.0. The second-order valence-electron chi connectivity index (χ2n) is 5.44. The summed E-state index contributed by atoms with van der Waals surface area (Å²) in [5, 5.41) is 2.03. The van der Waals surface area contributed by atoms with E-state index >= 15 is 0 Å². The molecule has 0 aliphatic carbocycles. The number of ether oxygens (including phenoxy) is 1. The summed E-state index contributed by atoms with van der Waals surface area (Å²) >= 11 is 1.53. The third kappa shape index (κ3) is 2.95. The molecule has 1 saturated heterocycles. The van der Waals surface area contributed by atoms with Crippen LogP contribution in [0.4, 0.5) is 5.69 Å². The highest BCUT2D eigenvalue weighted by Crippen LogP contribution is 2.28. The molecule has 0 N–H and O–H groups in total. The van der Waals surface area contributed by atoms with Gasteiger partial charge in [0.25, 0.3) is 5.91 Å². The number of benzene rings is 1. The van der Waals surface area contributed by atoms with E-state index < -0.39 is 0 Å². The van der Waals surface area contributed by atoms with Crippen molar-refractivity contribution in [2.45, 2.75) is 6.92 Å². The van der Waals surface area contributed by atoms with Crippen molar-refractivity contribution in [1.29, 1.82) is 0 Å². The molecular formula is C17H20N2O2S. The maximum atomic E-state index is 12.5. The highest BCUT2D eigenvalue weighted by molar-refractivity contribution is 7.12. The number of hydrogen-bond donors (Lipinski definition) is 0. The van der Waals surface area contributed by atoms with Gasteiger partial charge in [-0.15, -0.1) is 11.3 Å². The van der Waals surface area contributed by atoms with Gasteiger partial charge in [-0.05, 0) is 36.1 Å². The average molecular weight is 316 g/mol. The van der Waals surface area contributed by atoms with Gasteiger partial charge in [-0.25, -0.2) is 0 Å². The maximum absolute atomic E-state index is 12.5. The molecule has 3 rings (SSSR count). The van der Waals surface area contributed by atoms with Crippen LogP contribution in [0.25, 0.3) is 0 Å². The molecule has 0 saturated carbocycles. The molecule has 22 heavy (non-hydrogen) atoms. The van der Waals surface area contributed by atoms with E-state index in [9.17, 15) is 4.79 Å². The Kier molecular flexibility index (Phi) is 4.34. The summed E-state index contributed by atoms with van der Waals surface area (Å²) in [7, 11) is 1.69. The van der Waals surface area contributed by atoms with Crippen molar-refractivity contribution in [3.8, 4) is 5.75 Å². The quantitative estimate of drug-likeness (QED) is 0.872. The van der Waals surface area contributed by atoms with Crippen molar-refractivity contribution >= 4 is 22.9 Å². The lowest BCUT2D eigenvalue weighted by molar-refractivity contribution is 0.0751. The number of carbonyl (C=O) groups is 1. The van der Waals surface area contributed by atoms with E-state index in [1.54, 1.807) is 7.11 Å². The largest absolute Gasteiger partial charge is 0.495 e. The first-order chi connectivity index (χ1) is 10.7. The number of thiophene rings is 1. The molecule has 1 aliphatic heterocycles. The van der Waals surface area contributed by atoms with Gasteiger partial charge in [-0.3, -0.25) is 4.79 Å². The molecule has 5 heteroatoms. The van der Waals surface area contributed by atoms with Gasteiger partial charge in [0.1, 0.15) is 5.75 Å². The fourth-order valence-corrected chi connectivity index (χ4v) is 3.61. The Bertz CT molecular complexity index is 660. The Morgan fingerprint density at radius 1 is 1.18 bits per heavy atom. The topological polar surface area (TPSA) is 32.8 Å². The molecule has 1 aromatic carbocycles. The van der Waals surface area contributed by atoms with Gasteiger partial charge in [0.05, 0.1) is 17.7 Å². The smallest absolute Gasteiger partial charge is 0.264 e. The summed E-state index contributed by atoms with van der Waals surface area (Å²) in [5.74, 6) is 1.04. The van der Waals surface area contributed by atoms with Crippen molar-refractivity contribution < 1.29 is 9.53 Å². The van der Waals surface area contributed by atoms with Gasteiger partial charge in [0.2, 0.25) is 0 Å². The van der Waals surface area contributed by atoms with Gasteiger partial charge in [0, 0.05) is 26.2 Å². The molecule has 0 bridgehead atoms. The lowest BCUT2D eigenvalue weighted by atomic mass is 10.2. The van der Waals surface area contributed by atoms with E-state index in [0.29, 0.717) is 0 Å². The molecule has 0 unspecified atom stereocenters. The van der Waals surface area contributed by atoms with E-state index in [1.165, 1.54) is 11.3 Å². The monoisotopic (exact) mass is 316 g/mol. The standard InChI is InChI=1S/C17H20N2O2S/c1-13-11-16(22-12-13)17(20)19-9-7-18(8-10-19)14-5-3-4-6-15(14)21-2/h3-6,11-12H,7-10H2,1-2H3. The van der Waals surface area contributed by atoms with Crippen LogP contribution in [0.2, 0.25) is 0 Å². The summed E-state index contributed by atoms with van der Waals surface area (Å²) in [6.45, 7) is 5.17. The van der Waals surface area contributed by atoms with Gasteiger partial charge < -0.3 is 14.5 Å². The molecule has 1 aliphatic rings. The predicted molar refractivity (Wildman–Crippen MR) is 90.2 cm³/mol. The van der Waals surface area contributed by atoms with E-state index in [0.717, 1.165) is 48.1 Å². The maximum Gasteiger partial charge on any atom is 0.264 e. The number of amides is 1. The number of anilines is 1. The van der Waals surface area contributed by atoms with E-state index in [1.807, 2.05) is 41.5 Å². The number of rotatable bonds is 3. The number of aryl methyl sites for hydroxylation is 1. The van der Waals surface area contributed by atoms with Crippen LogP contribution in [0.1, 0.15) is 15.2 Å². The Morgan fingerprint density at radius 3 is 2.55 bits per heavy atom. The van der Waals surface area contributed by atoms with Gasteiger partial charge in [0.15, 0.2) is 0 Å². The fraction of sp³-hybridized carbons (Fsp3) is 0.353. The van der Waals surface area contributed by atoms with Crippen molar-refractivity contribution in [2.75, 3.05) is 38.2 Å². The van der Waals surface area contributed by atoms with Crippen LogP contribution >= 0.6 is 11.3 Å². The number of hydrogen-bond acceptors (Lipinski definition) is 4. The highest BCUT2D eigenvalue weighted by atomic mass is 32.1. The van der Waals surface area contributed by atoms with Crippen LogP contribution in [0.15, 0.2) is 35.7 Å². The van der Waals surface area contributed by atoms with E-state index in [4.69, 9.17) is 4.74 Å². The highest BCUT2D eigenvalue weighted by Gasteiger charge is 2.24. The van der Waals surface area contributed by atoms with Gasteiger partial charge in [-0.2, -0.15) is 0 Å². The van der Waals surface area contributed by atoms with E-state index in [-0.39, 0.29) is 5.91 Å². The second kappa shape index (κ2) is 6.40. The molecule has 2 heterocycles. The lowest BCUT2D eigenvalue weighted by Gasteiger charge is -2.36. The van der Waals surface area contributed by atoms with Crippen molar-refractivity contribution in [1.82, 2.24) is 4.90 Å². The molecule has 1 aromatic heterocycles. The minimum absolute atomic E-state index is 0.151. The predicted octanol–water partition coefficient (Wildman–Crippen LogP) is 3.03. The second-order valence-corrected chi connectivity index (χ2v) is 6.35. The zero-order valence-electron chi connectivity index (χ0n) is 12.9. The summed E-state index contributed by atoms with van der Waals surface area (Å²) in [5.41, 5.74) is 2.25. The summed E-state index contributed by atoms with van der Waals surface area (Å²) in [6.07, 6.45) is 0. The Balaban J connectivity index is 1.66. The van der Waals surface area contributed by atoms with Crippen LogP contribution in [-0.2, 0) is 0 Å². The third-order valence-corrected chi connectivity index (χ3v) is 4.97. The molecule has 0 spiro atoms. The molecule has 116 valence electrons. The molecule has 1 amide bonds. The molecule has 1 fully saturated rings. The first-order valence-corrected chi connectivity index (χ1v) is 8.29. The van der Waals surface area contributed by atoms with Crippen LogP contribution < -0.4 is 9.64 Å². The summed E-state index contributed by atoms with van der Waals surface area (Å²) in [4.78, 5) is 17.5. The van der Waals surface area contributed by atoms with Gasteiger partial charge >= 0.3 is 0 Å². The van der Waals surface area contributed by atoms with Crippen molar-refractivity contribution in [2.24, 2.45) is 0 Å². The number of piperazine rings is 1. The van der Waals surface area contributed by atoms with Crippen molar-refractivity contribution in [3.05, 3.63) is 46.2 Å². The SMILES string of the molecule is COc1ccccc1N1CCN(C(=O)c2cc(C)cs2)CC1. The third-order valence-electron chi connectivity index (χ3n) is 3.93. The Hall–Kier alpha value is -2.01. The zero-order chi connectivity index (χ0) is 15.5.